The first-order chi connectivity index (χ1) is 9.01. The molecule has 100 valence electrons. The lowest BCUT2D eigenvalue weighted by Gasteiger charge is -2.19. The van der Waals surface area contributed by atoms with Crippen LogP contribution in [-0.4, -0.2) is 0 Å². The quantitative estimate of drug-likeness (QED) is 0.652. The van der Waals surface area contributed by atoms with E-state index >= 15 is 0 Å². The maximum absolute atomic E-state index is 13.3. The second-order valence-corrected chi connectivity index (χ2v) is 5.25. The van der Waals surface area contributed by atoms with Crippen LogP contribution in [0.15, 0.2) is 36.4 Å². The number of rotatable bonds is 3. The van der Waals surface area contributed by atoms with Gasteiger partial charge >= 0.3 is 0 Å². The van der Waals surface area contributed by atoms with E-state index in [1.54, 1.807) is 18.2 Å². The van der Waals surface area contributed by atoms with Crippen LogP contribution in [0.25, 0.3) is 0 Å². The number of hydrazine groups is 1. The minimum absolute atomic E-state index is 0.396. The lowest BCUT2D eigenvalue weighted by atomic mass is 9.99. The van der Waals surface area contributed by atoms with Crippen LogP contribution in [0.1, 0.15) is 17.2 Å². The van der Waals surface area contributed by atoms with E-state index in [0.717, 1.165) is 0 Å². The molecular weight excluding hydrogens is 310 g/mol. The Morgan fingerprint density at radius 2 is 1.63 bits per heavy atom. The van der Waals surface area contributed by atoms with E-state index in [4.69, 9.17) is 40.6 Å². The van der Waals surface area contributed by atoms with Crippen molar-refractivity contribution in [2.45, 2.75) is 6.04 Å². The van der Waals surface area contributed by atoms with Crippen molar-refractivity contribution in [3.05, 3.63) is 68.4 Å². The van der Waals surface area contributed by atoms with Gasteiger partial charge in [0.25, 0.3) is 0 Å². The molecule has 0 aliphatic carbocycles. The molecule has 0 bridgehead atoms. The molecule has 0 saturated carbocycles. The number of halogens is 4. The molecule has 0 amide bonds. The van der Waals surface area contributed by atoms with Crippen molar-refractivity contribution in [1.29, 1.82) is 0 Å². The number of benzene rings is 2. The fraction of sp³-hybridized carbons (Fsp3) is 0.0769. The van der Waals surface area contributed by atoms with Crippen LogP contribution >= 0.6 is 34.8 Å². The second-order valence-electron chi connectivity index (χ2n) is 3.97. The Hall–Kier alpha value is -0.840. The predicted octanol–water partition coefficient (Wildman–Crippen LogP) is 4.34. The van der Waals surface area contributed by atoms with Gasteiger partial charge in [0, 0.05) is 15.1 Å². The molecule has 2 rings (SSSR count). The van der Waals surface area contributed by atoms with Gasteiger partial charge in [-0.05, 0) is 47.5 Å². The zero-order valence-electron chi connectivity index (χ0n) is 9.63. The van der Waals surface area contributed by atoms with Crippen molar-refractivity contribution < 1.29 is 4.39 Å². The molecule has 2 aromatic rings. The van der Waals surface area contributed by atoms with Gasteiger partial charge in [0.15, 0.2) is 0 Å². The SMILES string of the molecule is NNC(c1cc(Cl)cc(Cl)c1)c1cc(F)ccc1Cl. The summed E-state index contributed by atoms with van der Waals surface area (Å²) in [6.45, 7) is 0. The molecule has 0 heterocycles. The summed E-state index contributed by atoms with van der Waals surface area (Å²) in [7, 11) is 0. The van der Waals surface area contributed by atoms with E-state index in [2.05, 4.69) is 5.43 Å². The van der Waals surface area contributed by atoms with E-state index in [0.29, 0.717) is 26.2 Å². The number of nitrogens with one attached hydrogen (secondary N) is 1. The monoisotopic (exact) mass is 318 g/mol. The molecule has 0 aliphatic rings. The molecule has 0 aromatic heterocycles. The highest BCUT2D eigenvalue weighted by Gasteiger charge is 2.17. The van der Waals surface area contributed by atoms with Crippen LogP contribution in [0.3, 0.4) is 0 Å². The van der Waals surface area contributed by atoms with Crippen molar-refractivity contribution in [2.75, 3.05) is 0 Å². The van der Waals surface area contributed by atoms with E-state index < -0.39 is 11.9 Å². The Morgan fingerprint density at radius 3 is 2.21 bits per heavy atom. The van der Waals surface area contributed by atoms with E-state index in [1.165, 1.54) is 18.2 Å². The van der Waals surface area contributed by atoms with Gasteiger partial charge in [-0.25, -0.2) is 9.82 Å². The minimum Gasteiger partial charge on any atom is -0.271 e. The van der Waals surface area contributed by atoms with Crippen molar-refractivity contribution in [2.24, 2.45) is 5.84 Å². The summed E-state index contributed by atoms with van der Waals surface area (Å²) in [5, 5.41) is 1.34. The molecule has 1 unspecified atom stereocenters. The van der Waals surface area contributed by atoms with Crippen molar-refractivity contribution >= 4 is 34.8 Å². The molecule has 0 radical (unpaired) electrons. The van der Waals surface area contributed by atoms with Gasteiger partial charge in [-0.3, -0.25) is 5.84 Å². The molecule has 0 saturated heterocycles. The molecule has 6 heteroatoms. The van der Waals surface area contributed by atoms with E-state index in [9.17, 15) is 4.39 Å². The van der Waals surface area contributed by atoms with Crippen molar-refractivity contribution in [3.8, 4) is 0 Å². The summed E-state index contributed by atoms with van der Waals surface area (Å²) in [6, 6.07) is 8.57. The lowest BCUT2D eigenvalue weighted by molar-refractivity contribution is 0.605. The third-order valence-corrected chi connectivity index (χ3v) is 3.43. The zero-order chi connectivity index (χ0) is 14.0. The van der Waals surface area contributed by atoms with Crippen molar-refractivity contribution in [3.63, 3.8) is 0 Å². The Labute approximate surface area is 125 Å². The van der Waals surface area contributed by atoms with Crippen LogP contribution < -0.4 is 11.3 Å². The average molecular weight is 320 g/mol. The number of nitrogens with two attached hydrogens (primary N) is 1. The fourth-order valence-corrected chi connectivity index (χ4v) is 2.61. The first kappa shape index (κ1) is 14.6. The Kier molecular flexibility index (Phi) is 4.66. The molecule has 3 N–H and O–H groups in total. The third-order valence-electron chi connectivity index (χ3n) is 2.65. The first-order valence-electron chi connectivity index (χ1n) is 5.38. The Bertz CT molecular complexity index is 584. The summed E-state index contributed by atoms with van der Waals surface area (Å²) >= 11 is 18.0. The van der Waals surface area contributed by atoms with Crippen LogP contribution in [0.2, 0.25) is 15.1 Å². The largest absolute Gasteiger partial charge is 0.271 e. The zero-order valence-corrected chi connectivity index (χ0v) is 11.9. The average Bonchev–Trinajstić information content (AvgIpc) is 2.33. The van der Waals surface area contributed by atoms with Gasteiger partial charge in [0.2, 0.25) is 0 Å². The normalized spacial score (nSPS) is 12.5. The van der Waals surface area contributed by atoms with Crippen LogP contribution in [0.4, 0.5) is 4.39 Å². The lowest BCUT2D eigenvalue weighted by Crippen LogP contribution is -2.29. The van der Waals surface area contributed by atoms with Crippen LogP contribution in [-0.2, 0) is 0 Å². The summed E-state index contributed by atoms with van der Waals surface area (Å²) in [5.74, 6) is 5.14. The highest BCUT2D eigenvalue weighted by molar-refractivity contribution is 6.34. The number of hydrogen-bond donors (Lipinski definition) is 2. The molecule has 0 fully saturated rings. The maximum Gasteiger partial charge on any atom is 0.123 e. The van der Waals surface area contributed by atoms with Gasteiger partial charge in [0.05, 0.1) is 6.04 Å². The summed E-state index contributed by atoms with van der Waals surface area (Å²) in [6.07, 6.45) is 0. The number of hydrogen-bond acceptors (Lipinski definition) is 2. The Morgan fingerprint density at radius 1 is 1.00 bits per heavy atom. The summed E-state index contributed by atoms with van der Waals surface area (Å²) < 4.78 is 13.3. The van der Waals surface area contributed by atoms with Gasteiger partial charge in [-0.2, -0.15) is 0 Å². The van der Waals surface area contributed by atoms with Crippen LogP contribution in [0.5, 0.6) is 0 Å². The van der Waals surface area contributed by atoms with Crippen molar-refractivity contribution in [1.82, 2.24) is 5.43 Å². The summed E-state index contributed by atoms with van der Waals surface area (Å²) in [5.41, 5.74) is 3.81. The van der Waals surface area contributed by atoms with Gasteiger partial charge in [-0.1, -0.05) is 34.8 Å². The van der Waals surface area contributed by atoms with E-state index in [1.807, 2.05) is 0 Å². The molecule has 19 heavy (non-hydrogen) atoms. The molecule has 2 nitrogen and oxygen atoms in total. The minimum atomic E-state index is -0.501. The van der Waals surface area contributed by atoms with Crippen LogP contribution in [0, 0.1) is 5.82 Å². The first-order valence-corrected chi connectivity index (χ1v) is 6.51. The highest BCUT2D eigenvalue weighted by Crippen LogP contribution is 2.31. The topological polar surface area (TPSA) is 38.0 Å². The fourth-order valence-electron chi connectivity index (χ4n) is 1.84. The van der Waals surface area contributed by atoms with Gasteiger partial charge in [0.1, 0.15) is 5.82 Å². The third kappa shape index (κ3) is 3.38. The maximum atomic E-state index is 13.3. The molecule has 1 atom stereocenters. The summed E-state index contributed by atoms with van der Waals surface area (Å²) in [4.78, 5) is 0. The standard InChI is InChI=1S/C13H10Cl3FN2/c14-8-3-7(4-9(15)5-8)13(19-18)11-6-10(17)1-2-12(11)16/h1-6,13,19H,18H2. The smallest absolute Gasteiger partial charge is 0.123 e. The molecule has 0 aliphatic heterocycles. The Balaban J connectivity index is 2.52. The van der Waals surface area contributed by atoms with Gasteiger partial charge in [-0.15, -0.1) is 0 Å². The molecule has 0 spiro atoms. The molecular formula is C13H10Cl3FN2. The van der Waals surface area contributed by atoms with Gasteiger partial charge < -0.3 is 0 Å². The highest BCUT2D eigenvalue weighted by atomic mass is 35.5. The molecule has 2 aromatic carbocycles. The second kappa shape index (κ2) is 6.07. The predicted molar refractivity (Wildman–Crippen MR) is 77.0 cm³/mol. The van der Waals surface area contributed by atoms with E-state index in [-0.39, 0.29) is 0 Å².